The molecule has 1 fully saturated rings. The van der Waals surface area contributed by atoms with Gasteiger partial charge in [0.05, 0.1) is 16.8 Å². The molecule has 1 aromatic carbocycles. The zero-order chi connectivity index (χ0) is 14.9. The lowest BCUT2D eigenvalue weighted by atomic mass is 9.73. The summed E-state index contributed by atoms with van der Waals surface area (Å²) in [5.74, 6) is -0.612. The number of benzene rings is 1. The van der Waals surface area contributed by atoms with Crippen molar-refractivity contribution in [3.63, 3.8) is 0 Å². The number of anilines is 2. The summed E-state index contributed by atoms with van der Waals surface area (Å²) in [6.07, 6.45) is 4.89. The second-order valence-electron chi connectivity index (χ2n) is 6.48. The average molecular weight is 288 g/mol. The van der Waals surface area contributed by atoms with E-state index in [1.165, 1.54) is 17.8 Å². The van der Waals surface area contributed by atoms with Crippen LogP contribution in [0.25, 0.3) is 0 Å². The molecule has 0 bridgehead atoms. The first-order valence-corrected chi connectivity index (χ1v) is 7.91. The van der Waals surface area contributed by atoms with E-state index < -0.39 is 11.4 Å². The van der Waals surface area contributed by atoms with E-state index >= 15 is 0 Å². The van der Waals surface area contributed by atoms with Gasteiger partial charge in [0.25, 0.3) is 0 Å². The molecular weight excluding hydrogens is 264 g/mol. The minimum Gasteiger partial charge on any atom is -0.481 e. The molecule has 0 aromatic heterocycles. The van der Waals surface area contributed by atoms with Crippen LogP contribution < -0.4 is 9.80 Å². The third kappa shape index (κ3) is 2.59. The average Bonchev–Trinajstić information content (AvgIpc) is 2.51. The maximum Gasteiger partial charge on any atom is 0.311 e. The van der Waals surface area contributed by atoms with Crippen LogP contribution in [-0.2, 0) is 4.79 Å². The van der Waals surface area contributed by atoms with Crippen LogP contribution in [0.1, 0.15) is 32.1 Å². The number of hydrogen-bond acceptors (Lipinski definition) is 3. The van der Waals surface area contributed by atoms with Gasteiger partial charge in [0, 0.05) is 26.7 Å². The van der Waals surface area contributed by atoms with E-state index in [2.05, 4.69) is 29.0 Å². The van der Waals surface area contributed by atoms with Gasteiger partial charge >= 0.3 is 5.97 Å². The van der Waals surface area contributed by atoms with Gasteiger partial charge in [0.1, 0.15) is 0 Å². The largest absolute Gasteiger partial charge is 0.481 e. The number of aliphatic carboxylic acids is 1. The Labute approximate surface area is 126 Å². The van der Waals surface area contributed by atoms with Gasteiger partial charge in [-0.05, 0) is 25.0 Å². The van der Waals surface area contributed by atoms with Crippen molar-refractivity contribution >= 4 is 17.3 Å². The summed E-state index contributed by atoms with van der Waals surface area (Å²) in [5, 5.41) is 9.78. The number of carboxylic acid groups (broad SMARTS) is 1. The van der Waals surface area contributed by atoms with Gasteiger partial charge in [-0.15, -0.1) is 0 Å². The Morgan fingerprint density at radius 3 is 2.48 bits per heavy atom. The van der Waals surface area contributed by atoms with Gasteiger partial charge in [-0.2, -0.15) is 0 Å². The second-order valence-corrected chi connectivity index (χ2v) is 6.48. The topological polar surface area (TPSA) is 43.8 Å². The smallest absolute Gasteiger partial charge is 0.311 e. The predicted molar refractivity (Wildman–Crippen MR) is 85.1 cm³/mol. The lowest BCUT2D eigenvalue weighted by molar-refractivity contribution is -0.150. The van der Waals surface area contributed by atoms with E-state index in [1.54, 1.807) is 0 Å². The molecule has 4 nitrogen and oxygen atoms in total. The zero-order valence-electron chi connectivity index (χ0n) is 12.7. The summed E-state index contributed by atoms with van der Waals surface area (Å²) < 4.78 is 0. The molecule has 0 saturated heterocycles. The lowest BCUT2D eigenvalue weighted by Crippen LogP contribution is -2.48. The van der Waals surface area contributed by atoms with Crippen molar-refractivity contribution in [1.82, 2.24) is 0 Å². The molecule has 1 aromatic rings. The maximum atomic E-state index is 11.9. The van der Waals surface area contributed by atoms with Crippen molar-refractivity contribution in [3.05, 3.63) is 24.3 Å². The van der Waals surface area contributed by atoms with Crippen LogP contribution in [0.3, 0.4) is 0 Å². The van der Waals surface area contributed by atoms with E-state index in [-0.39, 0.29) is 0 Å². The van der Waals surface area contributed by atoms with Crippen molar-refractivity contribution in [2.24, 2.45) is 5.41 Å². The highest BCUT2D eigenvalue weighted by Crippen LogP contribution is 2.40. The maximum absolute atomic E-state index is 11.9. The summed E-state index contributed by atoms with van der Waals surface area (Å²) in [6.45, 7) is 2.50. The first-order chi connectivity index (χ1) is 10.1. The fraction of sp³-hybridized carbons (Fsp3) is 0.588. The Kier molecular flexibility index (Phi) is 3.79. The second kappa shape index (κ2) is 5.58. The number of fused-ring (bicyclic) bond motifs is 1. The molecule has 1 saturated carbocycles. The Hall–Kier alpha value is -1.71. The highest BCUT2D eigenvalue weighted by Gasteiger charge is 2.41. The predicted octanol–water partition coefficient (Wildman–Crippen LogP) is 2.98. The van der Waals surface area contributed by atoms with Crippen LogP contribution in [-0.4, -0.2) is 37.8 Å². The monoisotopic (exact) mass is 288 g/mol. The molecule has 1 N–H and O–H groups in total. The minimum absolute atomic E-state index is 0.554. The first-order valence-electron chi connectivity index (χ1n) is 7.91. The molecule has 0 radical (unpaired) electrons. The van der Waals surface area contributed by atoms with Gasteiger partial charge in [-0.25, -0.2) is 0 Å². The fourth-order valence-corrected chi connectivity index (χ4v) is 3.76. The number of carbonyl (C=O) groups is 1. The molecule has 0 atom stereocenters. The standard InChI is InChI=1S/C17H24N2O2/c1-18-11-12-19(15-8-4-3-7-14(15)18)13-17(16(20)21)9-5-2-6-10-17/h3-4,7-8H,2,5-6,9-13H2,1H3,(H,20,21). The molecule has 4 heteroatoms. The van der Waals surface area contributed by atoms with E-state index in [4.69, 9.17) is 0 Å². The molecule has 2 aliphatic rings. The molecule has 21 heavy (non-hydrogen) atoms. The Balaban J connectivity index is 1.87. The fourth-order valence-electron chi connectivity index (χ4n) is 3.76. The highest BCUT2D eigenvalue weighted by molar-refractivity contribution is 5.78. The first kappa shape index (κ1) is 14.2. The quantitative estimate of drug-likeness (QED) is 0.928. The third-order valence-electron chi connectivity index (χ3n) is 5.10. The van der Waals surface area contributed by atoms with E-state index in [0.29, 0.717) is 6.54 Å². The van der Waals surface area contributed by atoms with Crippen molar-refractivity contribution in [1.29, 1.82) is 0 Å². The zero-order valence-corrected chi connectivity index (χ0v) is 12.7. The lowest BCUT2D eigenvalue weighted by Gasteiger charge is -2.43. The number of para-hydroxylation sites is 2. The van der Waals surface area contributed by atoms with E-state index in [9.17, 15) is 9.90 Å². The molecule has 114 valence electrons. The summed E-state index contributed by atoms with van der Waals surface area (Å²) in [7, 11) is 2.10. The SMILES string of the molecule is CN1CCN(CC2(C(=O)O)CCCCC2)c2ccccc21. The molecule has 0 spiro atoms. The number of hydrogen-bond donors (Lipinski definition) is 1. The van der Waals surface area contributed by atoms with Crippen LogP contribution >= 0.6 is 0 Å². The summed E-state index contributed by atoms with van der Waals surface area (Å²) in [4.78, 5) is 16.4. The van der Waals surface area contributed by atoms with Gasteiger partial charge in [0.15, 0.2) is 0 Å². The van der Waals surface area contributed by atoms with Gasteiger partial charge in [-0.3, -0.25) is 4.79 Å². The normalized spacial score (nSPS) is 21.0. The van der Waals surface area contributed by atoms with Crippen LogP contribution in [0.5, 0.6) is 0 Å². The highest BCUT2D eigenvalue weighted by atomic mass is 16.4. The van der Waals surface area contributed by atoms with Gasteiger partial charge in [-0.1, -0.05) is 31.4 Å². The number of nitrogens with zero attached hydrogens (tertiary/aromatic N) is 2. The minimum atomic E-state index is -0.612. The van der Waals surface area contributed by atoms with Crippen molar-refractivity contribution in [2.45, 2.75) is 32.1 Å². The summed E-state index contributed by atoms with van der Waals surface area (Å²) >= 11 is 0. The van der Waals surface area contributed by atoms with E-state index in [0.717, 1.165) is 38.8 Å². The number of likely N-dealkylation sites (N-methyl/N-ethyl adjacent to an activating group) is 1. The van der Waals surface area contributed by atoms with Crippen LogP contribution in [0.15, 0.2) is 24.3 Å². The Bertz CT molecular complexity index is 523. The van der Waals surface area contributed by atoms with Crippen molar-refractivity contribution in [3.8, 4) is 0 Å². The van der Waals surface area contributed by atoms with Crippen LogP contribution in [0, 0.1) is 5.41 Å². The Morgan fingerprint density at radius 2 is 1.81 bits per heavy atom. The van der Waals surface area contributed by atoms with Crippen molar-refractivity contribution in [2.75, 3.05) is 36.5 Å². The summed E-state index contributed by atoms with van der Waals surface area (Å²) in [5.41, 5.74) is 1.83. The molecule has 0 unspecified atom stereocenters. The molecule has 1 aliphatic heterocycles. The van der Waals surface area contributed by atoms with Crippen LogP contribution in [0.2, 0.25) is 0 Å². The molecule has 0 amide bonds. The molecule has 1 aliphatic carbocycles. The number of carboxylic acids is 1. The van der Waals surface area contributed by atoms with E-state index in [1.807, 2.05) is 12.1 Å². The molecule has 1 heterocycles. The molecule has 3 rings (SSSR count). The summed E-state index contributed by atoms with van der Waals surface area (Å²) in [6, 6.07) is 8.32. The third-order valence-corrected chi connectivity index (χ3v) is 5.10. The van der Waals surface area contributed by atoms with Gasteiger partial charge in [0.2, 0.25) is 0 Å². The van der Waals surface area contributed by atoms with Gasteiger partial charge < -0.3 is 14.9 Å². The Morgan fingerprint density at radius 1 is 1.14 bits per heavy atom. The molecular formula is C17H24N2O2. The van der Waals surface area contributed by atoms with Crippen molar-refractivity contribution < 1.29 is 9.90 Å². The van der Waals surface area contributed by atoms with Crippen LogP contribution in [0.4, 0.5) is 11.4 Å². The number of rotatable bonds is 3.